The van der Waals surface area contributed by atoms with Crippen molar-refractivity contribution < 1.29 is 14.3 Å². The molecular formula is C28H38N2O3. The standard InChI is InChI=1S/C28H38N2O3/c1-27(2,3)23-8-7-9-24(19-23)29-25(31)18-20-10-12-21(13-11-20)22-14-16-30(17-15-22)26(32)33-28(4,5)6/h7-13,19,22H,14-18H2,1-6H3,(H,29,31). The summed E-state index contributed by atoms with van der Waals surface area (Å²) < 4.78 is 5.49. The number of nitrogens with one attached hydrogen (secondary N) is 1. The van der Waals surface area contributed by atoms with E-state index >= 15 is 0 Å². The monoisotopic (exact) mass is 450 g/mol. The highest BCUT2D eigenvalue weighted by atomic mass is 16.6. The minimum absolute atomic E-state index is 0.0144. The lowest BCUT2D eigenvalue weighted by molar-refractivity contribution is -0.115. The van der Waals surface area contributed by atoms with E-state index < -0.39 is 5.60 Å². The Morgan fingerprint density at radius 2 is 1.61 bits per heavy atom. The van der Waals surface area contributed by atoms with Crippen LogP contribution in [0.5, 0.6) is 0 Å². The van der Waals surface area contributed by atoms with Gasteiger partial charge in [0.1, 0.15) is 5.60 Å². The molecule has 0 unspecified atom stereocenters. The molecule has 0 saturated carbocycles. The van der Waals surface area contributed by atoms with E-state index in [0.717, 1.165) is 24.1 Å². The maximum atomic E-state index is 12.6. The van der Waals surface area contributed by atoms with Gasteiger partial charge in [-0.25, -0.2) is 4.79 Å². The molecule has 178 valence electrons. The Balaban J connectivity index is 1.52. The van der Waals surface area contributed by atoms with Crippen LogP contribution in [0.15, 0.2) is 48.5 Å². The summed E-state index contributed by atoms with van der Waals surface area (Å²) in [7, 11) is 0. The summed E-state index contributed by atoms with van der Waals surface area (Å²) in [4.78, 5) is 26.6. The molecule has 0 radical (unpaired) electrons. The van der Waals surface area contributed by atoms with Crippen LogP contribution >= 0.6 is 0 Å². The van der Waals surface area contributed by atoms with Crippen LogP contribution in [0.4, 0.5) is 10.5 Å². The van der Waals surface area contributed by atoms with E-state index in [4.69, 9.17) is 4.74 Å². The molecule has 0 aromatic heterocycles. The minimum atomic E-state index is -0.467. The Kier molecular flexibility index (Phi) is 7.51. The third-order valence-electron chi connectivity index (χ3n) is 5.97. The Bertz CT molecular complexity index is 960. The number of hydrogen-bond acceptors (Lipinski definition) is 3. The number of anilines is 1. The van der Waals surface area contributed by atoms with E-state index in [0.29, 0.717) is 25.4 Å². The molecule has 2 amide bonds. The molecule has 1 aliphatic rings. The first-order valence-corrected chi connectivity index (χ1v) is 11.9. The highest BCUT2D eigenvalue weighted by Crippen LogP contribution is 2.29. The van der Waals surface area contributed by atoms with Crippen molar-refractivity contribution in [2.24, 2.45) is 0 Å². The van der Waals surface area contributed by atoms with E-state index in [9.17, 15) is 9.59 Å². The molecule has 3 rings (SSSR count). The molecule has 5 nitrogen and oxygen atoms in total. The van der Waals surface area contributed by atoms with Gasteiger partial charge in [0.15, 0.2) is 0 Å². The largest absolute Gasteiger partial charge is 0.444 e. The highest BCUT2D eigenvalue weighted by Gasteiger charge is 2.27. The van der Waals surface area contributed by atoms with Crippen molar-refractivity contribution in [3.05, 3.63) is 65.2 Å². The van der Waals surface area contributed by atoms with Crippen LogP contribution in [0.25, 0.3) is 0 Å². The van der Waals surface area contributed by atoms with Gasteiger partial charge in [-0.15, -0.1) is 0 Å². The van der Waals surface area contributed by atoms with E-state index in [1.165, 1.54) is 11.1 Å². The van der Waals surface area contributed by atoms with E-state index in [2.05, 4.69) is 44.3 Å². The molecule has 1 heterocycles. The van der Waals surface area contributed by atoms with Crippen molar-refractivity contribution in [1.29, 1.82) is 0 Å². The highest BCUT2D eigenvalue weighted by molar-refractivity contribution is 5.92. The van der Waals surface area contributed by atoms with Crippen molar-refractivity contribution in [1.82, 2.24) is 4.90 Å². The molecule has 0 aliphatic carbocycles. The van der Waals surface area contributed by atoms with Gasteiger partial charge < -0.3 is 15.0 Å². The summed E-state index contributed by atoms with van der Waals surface area (Å²) in [5.74, 6) is 0.408. The van der Waals surface area contributed by atoms with Crippen LogP contribution < -0.4 is 5.32 Å². The normalized spacial score (nSPS) is 15.3. The van der Waals surface area contributed by atoms with Crippen LogP contribution in [-0.2, 0) is 21.4 Å². The number of carbonyl (C=O) groups excluding carboxylic acids is 2. The fraction of sp³-hybridized carbons (Fsp3) is 0.500. The van der Waals surface area contributed by atoms with Crippen LogP contribution in [0.3, 0.4) is 0 Å². The average molecular weight is 451 g/mol. The fourth-order valence-corrected chi connectivity index (χ4v) is 4.08. The van der Waals surface area contributed by atoms with Gasteiger partial charge in [0, 0.05) is 18.8 Å². The lowest BCUT2D eigenvalue weighted by atomic mass is 9.87. The van der Waals surface area contributed by atoms with Crippen LogP contribution in [-0.4, -0.2) is 35.6 Å². The van der Waals surface area contributed by atoms with Crippen molar-refractivity contribution in [2.75, 3.05) is 18.4 Å². The summed E-state index contributed by atoms with van der Waals surface area (Å²) in [5.41, 5.74) is 3.86. The lowest BCUT2D eigenvalue weighted by Gasteiger charge is -2.33. The van der Waals surface area contributed by atoms with Gasteiger partial charge in [-0.3, -0.25) is 4.79 Å². The Morgan fingerprint density at radius 3 is 2.18 bits per heavy atom. The van der Waals surface area contributed by atoms with Gasteiger partial charge in [0.2, 0.25) is 5.91 Å². The van der Waals surface area contributed by atoms with Gasteiger partial charge in [-0.2, -0.15) is 0 Å². The number of hydrogen-bond donors (Lipinski definition) is 1. The molecule has 1 N–H and O–H groups in total. The van der Waals surface area contributed by atoms with Crippen molar-refractivity contribution in [3.8, 4) is 0 Å². The molecule has 1 aliphatic heterocycles. The number of likely N-dealkylation sites (tertiary alicyclic amines) is 1. The lowest BCUT2D eigenvalue weighted by Crippen LogP contribution is -2.41. The number of benzene rings is 2. The zero-order valence-corrected chi connectivity index (χ0v) is 20.9. The number of rotatable bonds is 4. The van der Waals surface area contributed by atoms with E-state index in [1.807, 2.05) is 51.1 Å². The van der Waals surface area contributed by atoms with Crippen LogP contribution in [0, 0.1) is 0 Å². The smallest absolute Gasteiger partial charge is 0.410 e. The van der Waals surface area contributed by atoms with Crippen molar-refractivity contribution in [3.63, 3.8) is 0 Å². The first kappa shape index (κ1) is 24.8. The Morgan fingerprint density at radius 1 is 0.970 bits per heavy atom. The summed E-state index contributed by atoms with van der Waals surface area (Å²) in [6.07, 6.45) is 1.96. The van der Waals surface area contributed by atoms with Gasteiger partial charge in [-0.1, -0.05) is 57.2 Å². The summed E-state index contributed by atoms with van der Waals surface area (Å²) in [6, 6.07) is 16.4. The van der Waals surface area contributed by atoms with Crippen molar-refractivity contribution in [2.45, 2.75) is 77.7 Å². The zero-order valence-electron chi connectivity index (χ0n) is 20.9. The number of carbonyl (C=O) groups is 2. The van der Waals surface area contributed by atoms with Crippen LogP contribution in [0.1, 0.15) is 77.0 Å². The zero-order chi connectivity index (χ0) is 24.2. The second-order valence-corrected chi connectivity index (χ2v) is 11.0. The second kappa shape index (κ2) is 9.98. The number of ether oxygens (including phenoxy) is 1. The van der Waals surface area contributed by atoms with Crippen LogP contribution in [0.2, 0.25) is 0 Å². The molecule has 0 spiro atoms. The third kappa shape index (κ3) is 7.34. The molecule has 33 heavy (non-hydrogen) atoms. The predicted molar refractivity (Wildman–Crippen MR) is 134 cm³/mol. The van der Waals surface area contributed by atoms with Crippen molar-refractivity contribution >= 4 is 17.7 Å². The molecule has 1 fully saturated rings. The minimum Gasteiger partial charge on any atom is -0.444 e. The molecule has 2 aromatic carbocycles. The Labute approximate surface area is 198 Å². The topological polar surface area (TPSA) is 58.6 Å². The summed E-state index contributed by atoms with van der Waals surface area (Å²) >= 11 is 0. The number of piperidine rings is 1. The average Bonchev–Trinajstić information content (AvgIpc) is 2.73. The molecule has 0 atom stereocenters. The molecule has 2 aromatic rings. The molecular weight excluding hydrogens is 412 g/mol. The predicted octanol–water partition coefficient (Wildman–Crippen LogP) is 6.28. The molecule has 5 heteroatoms. The van der Waals surface area contributed by atoms with Gasteiger partial charge in [-0.05, 0) is 73.8 Å². The maximum absolute atomic E-state index is 12.6. The van der Waals surface area contributed by atoms with Gasteiger partial charge in [0.25, 0.3) is 0 Å². The van der Waals surface area contributed by atoms with Gasteiger partial charge >= 0.3 is 6.09 Å². The van der Waals surface area contributed by atoms with E-state index in [-0.39, 0.29) is 17.4 Å². The van der Waals surface area contributed by atoms with Gasteiger partial charge in [0.05, 0.1) is 6.42 Å². The summed E-state index contributed by atoms with van der Waals surface area (Å²) in [5, 5.41) is 3.02. The third-order valence-corrected chi connectivity index (χ3v) is 5.97. The first-order chi connectivity index (χ1) is 15.4. The first-order valence-electron chi connectivity index (χ1n) is 11.9. The fourth-order valence-electron chi connectivity index (χ4n) is 4.08. The second-order valence-electron chi connectivity index (χ2n) is 11.0. The van der Waals surface area contributed by atoms with E-state index in [1.54, 1.807) is 4.90 Å². The molecule has 1 saturated heterocycles. The summed E-state index contributed by atoms with van der Waals surface area (Å²) in [6.45, 7) is 13.6. The SMILES string of the molecule is CC(C)(C)OC(=O)N1CCC(c2ccc(CC(=O)Nc3cccc(C(C)(C)C)c3)cc2)CC1. The Hall–Kier alpha value is -2.82. The number of amides is 2. The maximum Gasteiger partial charge on any atom is 0.410 e. The molecule has 0 bridgehead atoms. The quantitative estimate of drug-likeness (QED) is 0.596. The number of nitrogens with zero attached hydrogens (tertiary/aromatic N) is 1.